The van der Waals surface area contributed by atoms with E-state index in [2.05, 4.69) is 42.8 Å². The average molecular weight is 470 g/mol. The minimum atomic E-state index is -0.0602. The summed E-state index contributed by atoms with van der Waals surface area (Å²) < 4.78 is 3.90. The van der Waals surface area contributed by atoms with Crippen LogP contribution in [0.1, 0.15) is 75.9 Å². The first-order chi connectivity index (χ1) is 16.5. The van der Waals surface area contributed by atoms with Crippen LogP contribution in [0.2, 0.25) is 0 Å². The molecule has 3 aromatic heterocycles. The molecule has 1 aliphatic rings. The van der Waals surface area contributed by atoms with Crippen molar-refractivity contribution in [1.82, 2.24) is 40.2 Å². The van der Waals surface area contributed by atoms with Crippen LogP contribution >= 0.6 is 0 Å². The lowest BCUT2D eigenvalue weighted by atomic mass is 9.96. The van der Waals surface area contributed by atoms with Crippen molar-refractivity contribution in [3.63, 3.8) is 0 Å². The third kappa shape index (κ3) is 5.28. The van der Waals surface area contributed by atoms with E-state index in [1.165, 1.54) is 19.3 Å². The molecular formula is C23H35N9O2. The first-order valence-electron chi connectivity index (χ1n) is 12.2. The lowest BCUT2D eigenvalue weighted by Gasteiger charge is -2.22. The Kier molecular flexibility index (Phi) is 7.59. The topological polar surface area (TPSA) is 124 Å². The van der Waals surface area contributed by atoms with Crippen molar-refractivity contribution < 1.29 is 9.63 Å². The molecule has 3 heterocycles. The minimum absolute atomic E-state index is 0.0602. The molecule has 34 heavy (non-hydrogen) atoms. The van der Waals surface area contributed by atoms with Crippen LogP contribution < -0.4 is 10.6 Å². The Morgan fingerprint density at radius 1 is 1.18 bits per heavy atom. The molecule has 2 N–H and O–H groups in total. The number of fused-ring (bicyclic) bond motifs is 3. The maximum absolute atomic E-state index is 12.2. The summed E-state index contributed by atoms with van der Waals surface area (Å²) in [5.74, 6) is 0.779. The molecule has 2 amide bonds. The van der Waals surface area contributed by atoms with Crippen LogP contribution in [-0.4, -0.2) is 53.9 Å². The number of unbranched alkanes of at least 4 members (excludes halogenated alkanes) is 1. The second-order valence-electron chi connectivity index (χ2n) is 9.26. The van der Waals surface area contributed by atoms with Crippen molar-refractivity contribution in [2.75, 3.05) is 6.54 Å². The number of hydrogen-bond donors (Lipinski definition) is 2. The molecule has 184 valence electrons. The fourth-order valence-corrected chi connectivity index (χ4v) is 4.58. The zero-order valence-electron chi connectivity index (χ0n) is 20.6. The van der Waals surface area contributed by atoms with Crippen molar-refractivity contribution >= 4 is 28.4 Å². The Morgan fingerprint density at radius 2 is 1.97 bits per heavy atom. The zero-order chi connectivity index (χ0) is 24.1. The third-order valence-corrected chi connectivity index (χ3v) is 6.42. The van der Waals surface area contributed by atoms with Crippen molar-refractivity contribution in [1.29, 1.82) is 0 Å². The summed E-state index contributed by atoms with van der Waals surface area (Å²) in [4.78, 5) is 22.6. The van der Waals surface area contributed by atoms with Crippen molar-refractivity contribution in [3.8, 4) is 0 Å². The van der Waals surface area contributed by atoms with E-state index in [-0.39, 0.29) is 12.6 Å². The van der Waals surface area contributed by atoms with E-state index >= 15 is 0 Å². The molecular weight excluding hydrogens is 434 g/mol. The molecule has 11 heteroatoms. The minimum Gasteiger partial charge on any atom is -0.388 e. The Balaban J connectivity index is 1.44. The van der Waals surface area contributed by atoms with Crippen LogP contribution in [0, 0.1) is 13.8 Å². The van der Waals surface area contributed by atoms with Gasteiger partial charge in [-0.15, -0.1) is 5.10 Å². The number of tetrazole rings is 1. The van der Waals surface area contributed by atoms with Crippen molar-refractivity contribution in [3.05, 3.63) is 17.1 Å². The third-order valence-electron chi connectivity index (χ3n) is 6.42. The zero-order valence-corrected chi connectivity index (χ0v) is 20.6. The number of nitrogens with zero attached hydrogens (tertiary/aromatic N) is 7. The molecule has 0 spiro atoms. The van der Waals surface area contributed by atoms with Gasteiger partial charge in [-0.2, -0.15) is 4.52 Å². The SMILES string of the molecule is CC(C)=NOCc1nc2c(c(C)c(C)n3nnnc23)n1CCCCNC(=O)NC1CCCCC1. The smallest absolute Gasteiger partial charge is 0.315 e. The van der Waals surface area contributed by atoms with E-state index < -0.39 is 0 Å². The Morgan fingerprint density at radius 3 is 2.74 bits per heavy atom. The van der Waals surface area contributed by atoms with E-state index in [9.17, 15) is 4.79 Å². The van der Waals surface area contributed by atoms with E-state index in [0.717, 1.165) is 66.1 Å². The summed E-state index contributed by atoms with van der Waals surface area (Å²) in [6.45, 7) is 9.48. The molecule has 4 rings (SSSR count). The summed E-state index contributed by atoms with van der Waals surface area (Å²) in [5, 5.41) is 22.3. The Bertz CT molecular complexity index is 1170. The highest BCUT2D eigenvalue weighted by atomic mass is 16.6. The summed E-state index contributed by atoms with van der Waals surface area (Å²) in [7, 11) is 0. The highest BCUT2D eigenvalue weighted by Crippen LogP contribution is 2.26. The second kappa shape index (κ2) is 10.8. The quantitative estimate of drug-likeness (QED) is 0.281. The highest BCUT2D eigenvalue weighted by Gasteiger charge is 2.20. The summed E-state index contributed by atoms with van der Waals surface area (Å²) in [5.41, 5.74) is 5.30. The lowest BCUT2D eigenvalue weighted by Crippen LogP contribution is -2.43. The van der Waals surface area contributed by atoms with Crippen molar-refractivity contribution in [2.24, 2.45) is 5.16 Å². The molecule has 1 aliphatic carbocycles. The number of aryl methyl sites for hydroxylation is 3. The standard InChI is InChI=1S/C23H35N9O2/c1-15(2)28-34-14-19-26-20-21(16(3)17(4)32-22(20)27-29-30-32)31(19)13-9-8-12-24-23(33)25-18-10-6-5-7-11-18/h18H,5-14H2,1-4H3,(H2,24,25,33). The molecule has 0 atom stereocenters. The van der Waals surface area contributed by atoms with Crippen LogP contribution in [0.5, 0.6) is 0 Å². The number of oxime groups is 1. The number of hydrogen-bond acceptors (Lipinski definition) is 7. The van der Waals surface area contributed by atoms with Gasteiger partial charge in [0.1, 0.15) is 5.52 Å². The molecule has 0 saturated heterocycles. The summed E-state index contributed by atoms with van der Waals surface area (Å²) >= 11 is 0. The van der Waals surface area contributed by atoms with Gasteiger partial charge in [0.2, 0.25) is 5.65 Å². The number of pyridine rings is 1. The number of imidazole rings is 1. The van der Waals surface area contributed by atoms with Crippen LogP contribution in [-0.2, 0) is 18.0 Å². The van der Waals surface area contributed by atoms with Gasteiger partial charge in [0.05, 0.1) is 11.2 Å². The van der Waals surface area contributed by atoms with Crippen LogP contribution in [0.3, 0.4) is 0 Å². The molecule has 0 bridgehead atoms. The van der Waals surface area contributed by atoms with E-state index in [1.807, 2.05) is 20.8 Å². The first kappa shape index (κ1) is 23.9. The van der Waals surface area contributed by atoms with Gasteiger partial charge in [-0.3, -0.25) is 0 Å². The monoisotopic (exact) mass is 469 g/mol. The molecule has 0 aromatic carbocycles. The molecule has 0 aliphatic heterocycles. The average Bonchev–Trinajstić information content (AvgIpc) is 3.43. The van der Waals surface area contributed by atoms with Gasteiger partial charge in [0, 0.05) is 24.8 Å². The number of nitrogens with one attached hydrogen (secondary N) is 2. The largest absolute Gasteiger partial charge is 0.388 e. The summed E-state index contributed by atoms with van der Waals surface area (Å²) in [6, 6.07) is 0.257. The molecule has 11 nitrogen and oxygen atoms in total. The van der Waals surface area contributed by atoms with Crippen LogP contribution in [0.4, 0.5) is 4.79 Å². The predicted molar refractivity (Wildman–Crippen MR) is 130 cm³/mol. The van der Waals surface area contributed by atoms with Gasteiger partial charge < -0.3 is 20.0 Å². The molecule has 1 saturated carbocycles. The summed E-state index contributed by atoms with van der Waals surface area (Å²) in [6.07, 6.45) is 7.59. The fourth-order valence-electron chi connectivity index (χ4n) is 4.58. The normalized spacial score (nSPS) is 14.5. The molecule has 1 fully saturated rings. The highest BCUT2D eigenvalue weighted by molar-refractivity contribution is 5.91. The van der Waals surface area contributed by atoms with E-state index in [1.54, 1.807) is 4.52 Å². The number of aromatic nitrogens is 6. The van der Waals surface area contributed by atoms with Gasteiger partial charge in [-0.25, -0.2) is 9.78 Å². The molecule has 0 unspecified atom stereocenters. The van der Waals surface area contributed by atoms with Gasteiger partial charge in [0.25, 0.3) is 0 Å². The second-order valence-corrected chi connectivity index (χ2v) is 9.26. The fraction of sp³-hybridized carbons (Fsp3) is 0.652. The van der Waals surface area contributed by atoms with Gasteiger partial charge >= 0.3 is 6.03 Å². The maximum atomic E-state index is 12.2. The lowest BCUT2D eigenvalue weighted by molar-refractivity contribution is 0.122. The van der Waals surface area contributed by atoms with Crippen LogP contribution in [0.15, 0.2) is 5.16 Å². The number of rotatable bonds is 9. The van der Waals surface area contributed by atoms with Gasteiger partial charge in [-0.05, 0) is 69.4 Å². The van der Waals surface area contributed by atoms with Gasteiger partial charge in [-0.1, -0.05) is 24.4 Å². The van der Waals surface area contributed by atoms with Gasteiger partial charge in [0.15, 0.2) is 12.4 Å². The van der Waals surface area contributed by atoms with E-state index in [0.29, 0.717) is 18.2 Å². The first-order valence-corrected chi connectivity index (χ1v) is 12.2. The van der Waals surface area contributed by atoms with E-state index in [4.69, 9.17) is 9.82 Å². The Hall–Kier alpha value is -3.24. The molecule has 0 radical (unpaired) electrons. The van der Waals surface area contributed by atoms with Crippen molar-refractivity contribution in [2.45, 2.75) is 91.8 Å². The number of urea groups is 1. The number of amides is 2. The maximum Gasteiger partial charge on any atom is 0.315 e. The number of carbonyl (C=O) groups excluding carboxylic acids is 1. The molecule has 3 aromatic rings. The van der Waals surface area contributed by atoms with Crippen LogP contribution in [0.25, 0.3) is 16.7 Å². The predicted octanol–water partition coefficient (Wildman–Crippen LogP) is 3.42. The number of carbonyl (C=O) groups is 1. The Labute approximate surface area is 199 Å².